The van der Waals surface area contributed by atoms with Crippen molar-refractivity contribution in [1.29, 1.82) is 0 Å². The molecule has 0 bridgehead atoms. The summed E-state index contributed by atoms with van der Waals surface area (Å²) in [5.41, 5.74) is 1.74. The molecule has 1 aliphatic carbocycles. The highest BCUT2D eigenvalue weighted by molar-refractivity contribution is 6.42. The zero-order valence-electron chi connectivity index (χ0n) is 16.6. The molecule has 1 saturated carbocycles. The van der Waals surface area contributed by atoms with Crippen molar-refractivity contribution >= 4 is 35.6 Å². The van der Waals surface area contributed by atoms with Crippen molar-refractivity contribution in [2.24, 2.45) is 5.92 Å². The number of hydrogen-bond donors (Lipinski definition) is 1. The molecule has 2 nitrogen and oxygen atoms in total. The minimum absolute atomic E-state index is 0. The van der Waals surface area contributed by atoms with Gasteiger partial charge in [0.2, 0.25) is 0 Å². The Morgan fingerprint density at radius 3 is 2.43 bits per heavy atom. The van der Waals surface area contributed by atoms with Crippen LogP contribution < -0.4 is 0 Å². The first-order chi connectivity index (χ1) is 12.9. The van der Waals surface area contributed by atoms with Crippen LogP contribution >= 0.6 is 35.6 Å². The van der Waals surface area contributed by atoms with Crippen LogP contribution in [0.1, 0.15) is 49.3 Å². The quantitative estimate of drug-likeness (QED) is 0.546. The van der Waals surface area contributed by atoms with E-state index in [1.54, 1.807) is 0 Å². The summed E-state index contributed by atoms with van der Waals surface area (Å²) in [5.74, 6) is 0.169. The van der Waals surface area contributed by atoms with Gasteiger partial charge in [-0.1, -0.05) is 72.4 Å². The topological polar surface area (TPSA) is 23.5 Å². The Hall–Kier alpha value is -0.770. The van der Waals surface area contributed by atoms with Crippen LogP contribution in [0.25, 0.3) is 0 Å². The SMILES string of the molecule is CN(C)C(c1ccc(Cl)c(Cl)c1)C1CCCCC1(O)CCc1ccccc1.Cl. The Labute approximate surface area is 185 Å². The lowest BCUT2D eigenvalue weighted by Gasteiger charge is -2.46. The molecule has 1 fully saturated rings. The molecule has 1 N–H and O–H groups in total. The van der Waals surface area contributed by atoms with Gasteiger partial charge in [-0.15, -0.1) is 12.4 Å². The van der Waals surface area contributed by atoms with Crippen molar-refractivity contribution in [3.63, 3.8) is 0 Å². The van der Waals surface area contributed by atoms with Gasteiger partial charge in [-0.25, -0.2) is 0 Å². The summed E-state index contributed by atoms with van der Waals surface area (Å²) in [6.07, 6.45) is 5.81. The van der Waals surface area contributed by atoms with E-state index in [1.165, 1.54) is 5.56 Å². The summed E-state index contributed by atoms with van der Waals surface area (Å²) in [6, 6.07) is 16.4. The molecule has 3 atom stereocenters. The maximum atomic E-state index is 11.7. The van der Waals surface area contributed by atoms with E-state index >= 15 is 0 Å². The molecule has 0 amide bonds. The first kappa shape index (κ1) is 23.5. The van der Waals surface area contributed by atoms with E-state index in [1.807, 2.05) is 24.3 Å². The molecule has 5 heteroatoms. The number of rotatable bonds is 6. The monoisotopic (exact) mass is 441 g/mol. The van der Waals surface area contributed by atoms with Gasteiger partial charge in [0.05, 0.1) is 15.6 Å². The van der Waals surface area contributed by atoms with Gasteiger partial charge in [-0.3, -0.25) is 0 Å². The minimum atomic E-state index is -0.671. The summed E-state index contributed by atoms with van der Waals surface area (Å²) in [5, 5.41) is 12.9. The Morgan fingerprint density at radius 1 is 1.07 bits per heavy atom. The van der Waals surface area contributed by atoms with E-state index < -0.39 is 5.60 Å². The molecule has 154 valence electrons. The molecule has 2 aromatic rings. The number of aliphatic hydroxyl groups is 1. The van der Waals surface area contributed by atoms with Crippen LogP contribution in [0, 0.1) is 5.92 Å². The summed E-state index contributed by atoms with van der Waals surface area (Å²) in [7, 11) is 4.17. The molecular formula is C23H30Cl3NO. The van der Waals surface area contributed by atoms with E-state index in [4.69, 9.17) is 23.2 Å². The van der Waals surface area contributed by atoms with Gasteiger partial charge in [-0.05, 0) is 63.0 Å². The molecule has 0 heterocycles. The minimum Gasteiger partial charge on any atom is -0.390 e. The molecule has 0 aliphatic heterocycles. The second kappa shape index (κ2) is 10.3. The predicted octanol–water partition coefficient (Wildman–Crippen LogP) is 6.57. The first-order valence-corrected chi connectivity index (χ1v) is 10.5. The number of nitrogens with zero attached hydrogens (tertiary/aromatic N) is 1. The van der Waals surface area contributed by atoms with Gasteiger partial charge in [0, 0.05) is 12.0 Å². The van der Waals surface area contributed by atoms with Crippen LogP contribution in [0.3, 0.4) is 0 Å². The Bertz CT molecular complexity index is 753. The van der Waals surface area contributed by atoms with E-state index in [2.05, 4.69) is 43.3 Å². The highest BCUT2D eigenvalue weighted by Gasteiger charge is 2.44. The average Bonchev–Trinajstić information content (AvgIpc) is 2.65. The first-order valence-electron chi connectivity index (χ1n) is 9.78. The fourth-order valence-corrected chi connectivity index (χ4v) is 4.91. The highest BCUT2D eigenvalue weighted by Crippen LogP contribution is 2.46. The Kier molecular flexibility index (Phi) is 8.66. The van der Waals surface area contributed by atoms with Crippen molar-refractivity contribution in [1.82, 2.24) is 4.90 Å². The third kappa shape index (κ3) is 5.43. The van der Waals surface area contributed by atoms with Crippen LogP contribution in [-0.4, -0.2) is 29.7 Å². The van der Waals surface area contributed by atoms with Crippen molar-refractivity contribution < 1.29 is 5.11 Å². The molecule has 2 aromatic carbocycles. The lowest BCUT2D eigenvalue weighted by atomic mass is 9.67. The third-order valence-electron chi connectivity index (χ3n) is 5.98. The van der Waals surface area contributed by atoms with Crippen LogP contribution in [0.4, 0.5) is 0 Å². The standard InChI is InChI=1S/C23H29Cl2NO.ClH/c1-26(2)22(18-11-12-20(24)21(25)16-18)19-10-6-7-14-23(19,27)15-13-17-8-4-3-5-9-17;/h3-5,8-9,11-12,16,19,22,27H,6-7,10,13-15H2,1-2H3;1H. The number of aryl methyl sites for hydroxylation is 1. The Balaban J connectivity index is 0.00000280. The van der Waals surface area contributed by atoms with E-state index in [-0.39, 0.29) is 24.4 Å². The predicted molar refractivity (Wildman–Crippen MR) is 122 cm³/mol. The van der Waals surface area contributed by atoms with Crippen LogP contribution in [0.2, 0.25) is 10.0 Å². The van der Waals surface area contributed by atoms with Gasteiger partial charge in [0.1, 0.15) is 0 Å². The van der Waals surface area contributed by atoms with E-state index in [0.29, 0.717) is 10.0 Å². The molecule has 3 rings (SSSR count). The maximum absolute atomic E-state index is 11.7. The second-order valence-corrected chi connectivity index (χ2v) is 8.84. The van der Waals surface area contributed by atoms with Gasteiger partial charge in [0.25, 0.3) is 0 Å². The molecular weight excluding hydrogens is 413 g/mol. The summed E-state index contributed by atoms with van der Waals surface area (Å²) in [4.78, 5) is 2.21. The zero-order chi connectivity index (χ0) is 19.4. The zero-order valence-corrected chi connectivity index (χ0v) is 18.9. The molecule has 0 spiro atoms. The lowest BCUT2D eigenvalue weighted by molar-refractivity contribution is -0.0828. The summed E-state index contributed by atoms with van der Waals surface area (Å²) in [6.45, 7) is 0. The van der Waals surface area contributed by atoms with E-state index in [9.17, 15) is 5.11 Å². The number of benzene rings is 2. The van der Waals surface area contributed by atoms with Crippen LogP contribution in [-0.2, 0) is 6.42 Å². The molecule has 1 aliphatic rings. The maximum Gasteiger partial charge on any atom is 0.0697 e. The fourth-order valence-electron chi connectivity index (χ4n) is 4.60. The van der Waals surface area contributed by atoms with Crippen molar-refractivity contribution in [3.8, 4) is 0 Å². The molecule has 3 unspecified atom stereocenters. The summed E-state index contributed by atoms with van der Waals surface area (Å²) < 4.78 is 0. The van der Waals surface area contributed by atoms with Gasteiger partial charge < -0.3 is 10.0 Å². The van der Waals surface area contributed by atoms with Gasteiger partial charge in [-0.2, -0.15) is 0 Å². The normalized spacial score (nSPS) is 23.3. The highest BCUT2D eigenvalue weighted by atomic mass is 35.5. The molecule has 28 heavy (non-hydrogen) atoms. The van der Waals surface area contributed by atoms with Crippen molar-refractivity contribution in [3.05, 3.63) is 69.7 Å². The summed E-state index contributed by atoms with van der Waals surface area (Å²) >= 11 is 12.4. The van der Waals surface area contributed by atoms with E-state index in [0.717, 1.165) is 44.1 Å². The fraction of sp³-hybridized carbons (Fsp3) is 0.478. The Morgan fingerprint density at radius 2 is 1.79 bits per heavy atom. The third-order valence-corrected chi connectivity index (χ3v) is 6.72. The smallest absolute Gasteiger partial charge is 0.0697 e. The van der Waals surface area contributed by atoms with Crippen molar-refractivity contribution in [2.45, 2.75) is 50.2 Å². The molecule has 0 saturated heterocycles. The number of halogens is 3. The second-order valence-electron chi connectivity index (χ2n) is 8.02. The van der Waals surface area contributed by atoms with Gasteiger partial charge >= 0.3 is 0 Å². The number of hydrogen-bond acceptors (Lipinski definition) is 2. The van der Waals surface area contributed by atoms with Crippen LogP contribution in [0.15, 0.2) is 48.5 Å². The lowest BCUT2D eigenvalue weighted by Crippen LogP contribution is -2.47. The van der Waals surface area contributed by atoms with Crippen molar-refractivity contribution in [2.75, 3.05) is 14.1 Å². The molecule has 0 aromatic heterocycles. The molecule has 0 radical (unpaired) electrons. The largest absolute Gasteiger partial charge is 0.390 e. The van der Waals surface area contributed by atoms with Crippen LogP contribution in [0.5, 0.6) is 0 Å². The van der Waals surface area contributed by atoms with Gasteiger partial charge in [0.15, 0.2) is 0 Å². The average molecular weight is 443 g/mol.